The van der Waals surface area contributed by atoms with E-state index in [2.05, 4.69) is 130 Å². The molecule has 2 nitrogen and oxygen atoms in total. The van der Waals surface area contributed by atoms with Gasteiger partial charge in [0, 0.05) is 0 Å². The molecule has 2 N–H and O–H groups in total. The summed E-state index contributed by atoms with van der Waals surface area (Å²) in [6.45, 7) is 22.1. The van der Waals surface area contributed by atoms with E-state index in [9.17, 15) is 10.2 Å². The van der Waals surface area contributed by atoms with Crippen LogP contribution in [-0.4, -0.2) is 22.4 Å². The van der Waals surface area contributed by atoms with Crippen molar-refractivity contribution in [3.05, 3.63) is 105 Å². The van der Waals surface area contributed by atoms with Gasteiger partial charge in [-0.3, -0.25) is 0 Å². The first-order chi connectivity index (χ1) is 19.6. The molecule has 0 amide bonds. The summed E-state index contributed by atoms with van der Waals surface area (Å²) in [4.78, 5) is 0. The zero-order valence-corrected chi connectivity index (χ0v) is 28.5. The first-order valence-corrected chi connectivity index (χ1v) is 16.1. The van der Waals surface area contributed by atoms with Gasteiger partial charge in [0.1, 0.15) is 0 Å². The highest BCUT2D eigenvalue weighted by Gasteiger charge is 2.32. The third-order valence-corrected chi connectivity index (χ3v) is 8.98. The molecule has 2 heteroatoms. The molecule has 0 unspecified atom stereocenters. The number of hydrogen-bond acceptors (Lipinski definition) is 2. The molecule has 0 aromatic rings. The van der Waals surface area contributed by atoms with E-state index < -0.39 is 0 Å². The fraction of sp³-hybridized carbons (Fsp3) is 0.550. The Kier molecular flexibility index (Phi) is 14.0. The minimum absolute atomic E-state index is 0.0123. The topological polar surface area (TPSA) is 40.5 Å². The smallest absolute Gasteiger partial charge is 0.0585 e. The second kappa shape index (κ2) is 16.4. The summed E-state index contributed by atoms with van der Waals surface area (Å²) >= 11 is 0. The van der Waals surface area contributed by atoms with Crippen LogP contribution >= 0.6 is 0 Å². The van der Waals surface area contributed by atoms with Crippen LogP contribution in [0.4, 0.5) is 0 Å². The number of aliphatic hydroxyl groups excluding tert-OH is 2. The summed E-state index contributed by atoms with van der Waals surface area (Å²) in [6.07, 6.45) is 29.2. The zero-order valence-electron chi connectivity index (χ0n) is 28.5. The first-order valence-electron chi connectivity index (χ1n) is 16.1. The minimum atomic E-state index is -0.221. The van der Waals surface area contributed by atoms with Crippen LogP contribution in [0.25, 0.3) is 0 Å². The standard InChI is InChI=1S/C40H60O2/c1-29(17-13-19-31(3)21-23-37-33(5)25-35(41)27-39(37,7)8)15-11-12-16-30(2)18-14-20-32(4)22-24-38-34(6)26-36(42)28-40(38,9)10/h11-13,15-17,19-21,23,35-36,41-42H,14,18,22,24-28H2,1-10H3/b12-11+,17-13+,23-21+,29-15+,30-16+,31-19+,32-20+/t35-,36-/m0/s1. The van der Waals surface area contributed by atoms with Gasteiger partial charge in [-0.25, -0.2) is 0 Å². The van der Waals surface area contributed by atoms with Gasteiger partial charge in [-0.05, 0) is 109 Å². The summed E-state index contributed by atoms with van der Waals surface area (Å²) in [7, 11) is 0. The van der Waals surface area contributed by atoms with E-state index in [-0.39, 0.29) is 23.0 Å². The van der Waals surface area contributed by atoms with E-state index in [1.807, 2.05) is 0 Å². The molecule has 0 aromatic carbocycles. The van der Waals surface area contributed by atoms with Crippen LogP contribution in [0.2, 0.25) is 0 Å². The van der Waals surface area contributed by atoms with Gasteiger partial charge in [-0.2, -0.15) is 0 Å². The Balaban J connectivity index is 1.81. The van der Waals surface area contributed by atoms with Crippen molar-refractivity contribution >= 4 is 0 Å². The summed E-state index contributed by atoms with van der Waals surface area (Å²) < 4.78 is 0. The highest BCUT2D eigenvalue weighted by molar-refractivity contribution is 5.38. The molecule has 2 aliphatic rings. The molecule has 2 aliphatic carbocycles. The third kappa shape index (κ3) is 12.1. The van der Waals surface area contributed by atoms with E-state index in [0.717, 1.165) is 51.4 Å². The third-order valence-electron chi connectivity index (χ3n) is 8.98. The molecule has 0 spiro atoms. The second-order valence-corrected chi connectivity index (χ2v) is 14.3. The maximum atomic E-state index is 10.1. The Hall–Kier alpha value is -2.42. The first kappa shape index (κ1) is 35.8. The molecule has 0 radical (unpaired) electrons. The zero-order chi connectivity index (χ0) is 31.5. The molecule has 42 heavy (non-hydrogen) atoms. The predicted molar refractivity (Wildman–Crippen MR) is 184 cm³/mol. The Labute approximate surface area is 258 Å². The minimum Gasteiger partial charge on any atom is -0.393 e. The van der Waals surface area contributed by atoms with Gasteiger partial charge in [-0.15, -0.1) is 0 Å². The van der Waals surface area contributed by atoms with Crippen LogP contribution < -0.4 is 0 Å². The normalized spacial score (nSPS) is 24.7. The molecule has 232 valence electrons. The van der Waals surface area contributed by atoms with Crippen molar-refractivity contribution < 1.29 is 10.2 Å². The number of aliphatic hydroxyl groups is 2. The van der Waals surface area contributed by atoms with Gasteiger partial charge < -0.3 is 10.2 Å². The van der Waals surface area contributed by atoms with Crippen LogP contribution in [0.1, 0.15) is 121 Å². The number of hydrogen-bond donors (Lipinski definition) is 2. The van der Waals surface area contributed by atoms with Gasteiger partial charge in [0.2, 0.25) is 0 Å². The Morgan fingerprint density at radius 2 is 1.29 bits per heavy atom. The second-order valence-electron chi connectivity index (χ2n) is 14.3. The Bertz CT molecular complexity index is 1200. The van der Waals surface area contributed by atoms with Gasteiger partial charge in [0.05, 0.1) is 12.2 Å². The molecular formula is C40H60O2. The van der Waals surface area contributed by atoms with Gasteiger partial charge in [0.25, 0.3) is 0 Å². The molecular weight excluding hydrogens is 512 g/mol. The summed E-state index contributed by atoms with van der Waals surface area (Å²) in [6, 6.07) is 0. The van der Waals surface area contributed by atoms with Crippen molar-refractivity contribution in [1.29, 1.82) is 0 Å². The lowest BCUT2D eigenvalue weighted by molar-refractivity contribution is 0.113. The molecule has 0 saturated carbocycles. The predicted octanol–water partition coefficient (Wildman–Crippen LogP) is 11.0. The molecule has 0 aliphatic heterocycles. The highest BCUT2D eigenvalue weighted by atomic mass is 16.3. The SMILES string of the molecule is CC1=C(/C=C/C(C)=C/C=C/C(C)=C/C=C/C=C(\C)CC/C=C(\C)CCC2=C(C)C[C@H](O)CC2(C)C)C(C)(C)C[C@@H](O)C1. The fourth-order valence-corrected chi connectivity index (χ4v) is 6.73. The summed E-state index contributed by atoms with van der Waals surface area (Å²) in [5.41, 5.74) is 11.0. The molecule has 0 heterocycles. The molecule has 2 atom stereocenters. The lowest BCUT2D eigenvalue weighted by atomic mass is 9.70. The van der Waals surface area contributed by atoms with Gasteiger partial charge in [0.15, 0.2) is 0 Å². The highest BCUT2D eigenvalue weighted by Crippen LogP contribution is 2.43. The Morgan fingerprint density at radius 1 is 0.714 bits per heavy atom. The molecule has 0 bridgehead atoms. The van der Waals surface area contributed by atoms with Crippen LogP contribution in [0, 0.1) is 10.8 Å². The lowest BCUT2D eigenvalue weighted by Crippen LogP contribution is -2.29. The van der Waals surface area contributed by atoms with Crippen molar-refractivity contribution in [3.8, 4) is 0 Å². The monoisotopic (exact) mass is 572 g/mol. The van der Waals surface area contributed by atoms with E-state index in [4.69, 9.17) is 0 Å². The van der Waals surface area contributed by atoms with Crippen molar-refractivity contribution in [1.82, 2.24) is 0 Å². The van der Waals surface area contributed by atoms with E-state index in [1.54, 1.807) is 5.57 Å². The molecule has 2 rings (SSSR count). The summed E-state index contributed by atoms with van der Waals surface area (Å²) in [5, 5.41) is 20.2. The fourth-order valence-electron chi connectivity index (χ4n) is 6.73. The van der Waals surface area contributed by atoms with E-state index in [1.165, 1.54) is 39.0 Å². The molecule has 0 saturated heterocycles. The van der Waals surface area contributed by atoms with Crippen molar-refractivity contribution in [2.45, 2.75) is 133 Å². The van der Waals surface area contributed by atoms with Crippen molar-refractivity contribution in [3.63, 3.8) is 0 Å². The van der Waals surface area contributed by atoms with Crippen molar-refractivity contribution in [2.75, 3.05) is 0 Å². The molecule has 0 aromatic heterocycles. The van der Waals surface area contributed by atoms with Gasteiger partial charge in [-0.1, -0.05) is 127 Å². The van der Waals surface area contributed by atoms with Crippen LogP contribution in [-0.2, 0) is 0 Å². The number of rotatable bonds is 12. The Morgan fingerprint density at radius 3 is 1.93 bits per heavy atom. The summed E-state index contributed by atoms with van der Waals surface area (Å²) in [5.74, 6) is 0. The lowest BCUT2D eigenvalue weighted by Gasteiger charge is -2.37. The van der Waals surface area contributed by atoms with Gasteiger partial charge >= 0.3 is 0 Å². The average molecular weight is 573 g/mol. The number of allylic oxidation sites excluding steroid dienone is 16. The maximum Gasteiger partial charge on any atom is 0.0585 e. The quantitative estimate of drug-likeness (QED) is 0.180. The average Bonchev–Trinajstić information content (AvgIpc) is 2.84. The van der Waals surface area contributed by atoms with Crippen molar-refractivity contribution in [2.24, 2.45) is 10.8 Å². The molecule has 0 fully saturated rings. The van der Waals surface area contributed by atoms with E-state index in [0.29, 0.717) is 0 Å². The van der Waals surface area contributed by atoms with Crippen LogP contribution in [0.3, 0.4) is 0 Å². The largest absolute Gasteiger partial charge is 0.393 e. The maximum absolute atomic E-state index is 10.1. The van der Waals surface area contributed by atoms with E-state index >= 15 is 0 Å². The van der Waals surface area contributed by atoms with Crippen LogP contribution in [0.5, 0.6) is 0 Å². The van der Waals surface area contributed by atoms with Crippen LogP contribution in [0.15, 0.2) is 105 Å².